The smallest absolute Gasteiger partial charge is 0.265 e. The normalized spacial score (nSPS) is 15.1. The molecule has 2 aromatic carbocycles. The maximum Gasteiger partial charge on any atom is 0.265 e. The Balaban J connectivity index is 1.72. The Morgan fingerprint density at radius 3 is 2.31 bits per heavy atom. The first-order valence-electron chi connectivity index (χ1n) is 9.29. The van der Waals surface area contributed by atoms with Gasteiger partial charge in [0, 0.05) is 33.0 Å². The van der Waals surface area contributed by atoms with Crippen LogP contribution in [0.1, 0.15) is 48.0 Å². The highest BCUT2D eigenvalue weighted by molar-refractivity contribution is 6.34. The molecular formula is C21H20Cl2N2O4. The van der Waals surface area contributed by atoms with Gasteiger partial charge in [-0.3, -0.25) is 19.7 Å². The van der Waals surface area contributed by atoms with Gasteiger partial charge in [0.05, 0.1) is 5.02 Å². The monoisotopic (exact) mass is 434 g/mol. The molecule has 1 saturated carbocycles. The molecule has 0 aromatic heterocycles. The standard InChI is InChI=1S/C21H20Cl2N2O4/c22-15-5-3-14(4-6-15)21(9-1-2-10-21)12-20(27)24-16-7-8-17(18(23)11-16)19(26)13-25(28)29/h3-8,11H,1-2,9-10,12-13H2,(H,24,27). The summed E-state index contributed by atoms with van der Waals surface area (Å²) in [7, 11) is 0. The number of nitrogens with one attached hydrogen (secondary N) is 1. The number of Topliss-reactive ketones (excluding diaryl/α,β-unsaturated/α-hetero) is 1. The quantitative estimate of drug-likeness (QED) is 0.363. The van der Waals surface area contributed by atoms with Crippen molar-refractivity contribution in [2.45, 2.75) is 37.5 Å². The van der Waals surface area contributed by atoms with Crippen molar-refractivity contribution >= 4 is 40.6 Å². The fourth-order valence-electron chi connectivity index (χ4n) is 3.96. The van der Waals surface area contributed by atoms with E-state index in [2.05, 4.69) is 5.32 Å². The van der Waals surface area contributed by atoms with Gasteiger partial charge >= 0.3 is 0 Å². The highest BCUT2D eigenvalue weighted by Crippen LogP contribution is 2.44. The second kappa shape index (κ2) is 8.93. The number of ketones is 1. The molecule has 1 amide bonds. The van der Waals surface area contributed by atoms with Gasteiger partial charge < -0.3 is 5.32 Å². The average Bonchev–Trinajstić information content (AvgIpc) is 3.11. The number of benzene rings is 2. The molecule has 1 aliphatic carbocycles. The van der Waals surface area contributed by atoms with Gasteiger partial charge in [0.1, 0.15) is 0 Å². The van der Waals surface area contributed by atoms with Crippen LogP contribution in [-0.4, -0.2) is 23.2 Å². The number of hydrogen-bond acceptors (Lipinski definition) is 4. The van der Waals surface area contributed by atoms with Gasteiger partial charge in [0.25, 0.3) is 6.54 Å². The van der Waals surface area contributed by atoms with Gasteiger partial charge in [-0.05, 0) is 48.7 Å². The van der Waals surface area contributed by atoms with Crippen LogP contribution in [0.2, 0.25) is 10.0 Å². The van der Waals surface area contributed by atoms with Crippen LogP contribution in [0.4, 0.5) is 5.69 Å². The number of amides is 1. The van der Waals surface area contributed by atoms with E-state index in [0.717, 1.165) is 31.2 Å². The van der Waals surface area contributed by atoms with Crippen LogP contribution in [-0.2, 0) is 10.2 Å². The third-order valence-corrected chi connectivity index (χ3v) is 5.91. The number of anilines is 1. The number of rotatable bonds is 7. The summed E-state index contributed by atoms with van der Waals surface area (Å²) in [5.74, 6) is -0.826. The summed E-state index contributed by atoms with van der Waals surface area (Å²) in [6.07, 6.45) is 4.31. The Hall–Kier alpha value is -2.44. The zero-order chi connectivity index (χ0) is 21.0. The highest BCUT2D eigenvalue weighted by Gasteiger charge is 2.37. The van der Waals surface area contributed by atoms with Gasteiger partial charge in [-0.2, -0.15) is 0 Å². The zero-order valence-electron chi connectivity index (χ0n) is 15.6. The van der Waals surface area contributed by atoms with E-state index >= 15 is 0 Å². The Morgan fingerprint density at radius 1 is 1.07 bits per heavy atom. The molecule has 3 rings (SSSR count). The van der Waals surface area contributed by atoms with Crippen molar-refractivity contribution in [2.24, 2.45) is 0 Å². The van der Waals surface area contributed by atoms with Gasteiger partial charge in [-0.1, -0.05) is 48.2 Å². The Bertz CT molecular complexity index is 938. The van der Waals surface area contributed by atoms with Crippen molar-refractivity contribution in [3.8, 4) is 0 Å². The lowest BCUT2D eigenvalue weighted by molar-refractivity contribution is -0.465. The molecule has 1 fully saturated rings. The van der Waals surface area contributed by atoms with Crippen LogP contribution in [0.3, 0.4) is 0 Å². The third-order valence-electron chi connectivity index (χ3n) is 5.34. The van der Waals surface area contributed by atoms with Crippen molar-refractivity contribution in [3.63, 3.8) is 0 Å². The minimum atomic E-state index is -0.824. The number of carbonyl (C=O) groups is 2. The average molecular weight is 435 g/mol. The molecule has 0 saturated heterocycles. The summed E-state index contributed by atoms with van der Waals surface area (Å²) < 4.78 is 0. The van der Waals surface area contributed by atoms with Crippen LogP contribution in [0.25, 0.3) is 0 Å². The molecule has 0 unspecified atom stereocenters. The van der Waals surface area contributed by atoms with E-state index in [1.54, 1.807) is 0 Å². The first kappa shape index (κ1) is 21.3. The molecule has 8 heteroatoms. The number of nitro groups is 1. The number of nitrogens with zero attached hydrogens (tertiary/aromatic N) is 1. The summed E-state index contributed by atoms with van der Waals surface area (Å²) in [5, 5.41) is 14.1. The molecular weight excluding hydrogens is 415 g/mol. The fraction of sp³-hybridized carbons (Fsp3) is 0.333. The van der Waals surface area contributed by atoms with Gasteiger partial charge in [-0.25, -0.2) is 0 Å². The molecule has 1 aliphatic rings. The van der Waals surface area contributed by atoms with E-state index in [1.165, 1.54) is 18.2 Å². The van der Waals surface area contributed by atoms with Crippen molar-refractivity contribution in [2.75, 3.05) is 11.9 Å². The van der Waals surface area contributed by atoms with Gasteiger partial charge in [0.15, 0.2) is 0 Å². The fourth-order valence-corrected chi connectivity index (χ4v) is 4.37. The zero-order valence-corrected chi connectivity index (χ0v) is 17.1. The van der Waals surface area contributed by atoms with Crippen LogP contribution in [0.15, 0.2) is 42.5 Å². The molecule has 0 spiro atoms. The van der Waals surface area contributed by atoms with E-state index in [4.69, 9.17) is 23.2 Å². The van der Waals surface area contributed by atoms with Crippen molar-refractivity contribution < 1.29 is 14.5 Å². The van der Waals surface area contributed by atoms with E-state index < -0.39 is 17.3 Å². The first-order chi connectivity index (χ1) is 13.8. The summed E-state index contributed by atoms with van der Waals surface area (Å²) in [4.78, 5) is 34.4. The maximum atomic E-state index is 12.8. The SMILES string of the molecule is O=C(CC1(c2ccc(Cl)cc2)CCCC1)Nc1ccc(C(=O)C[N+](=O)[O-])c(Cl)c1. The topological polar surface area (TPSA) is 89.3 Å². The number of hydrogen-bond donors (Lipinski definition) is 1. The number of halogens is 2. The third kappa shape index (κ3) is 5.14. The second-order valence-corrected chi connectivity index (χ2v) is 8.17. The van der Waals surface area contributed by atoms with E-state index in [9.17, 15) is 19.7 Å². The van der Waals surface area contributed by atoms with E-state index in [-0.39, 0.29) is 21.9 Å². The minimum absolute atomic E-state index is 0.0646. The molecule has 0 bridgehead atoms. The van der Waals surface area contributed by atoms with E-state index in [1.807, 2.05) is 24.3 Å². The molecule has 2 aromatic rings. The number of carbonyl (C=O) groups excluding carboxylic acids is 2. The molecule has 0 radical (unpaired) electrons. The Kier molecular flexibility index (Phi) is 6.55. The van der Waals surface area contributed by atoms with E-state index in [0.29, 0.717) is 17.1 Å². The minimum Gasteiger partial charge on any atom is -0.326 e. The first-order valence-corrected chi connectivity index (χ1v) is 10.1. The summed E-state index contributed by atoms with van der Waals surface area (Å²) in [6, 6.07) is 12.0. The molecule has 1 N–H and O–H groups in total. The highest BCUT2D eigenvalue weighted by atomic mass is 35.5. The second-order valence-electron chi connectivity index (χ2n) is 7.33. The summed E-state index contributed by atoms with van der Waals surface area (Å²) in [6.45, 7) is -0.824. The largest absolute Gasteiger partial charge is 0.326 e. The van der Waals surface area contributed by atoms with Crippen molar-refractivity contribution in [1.82, 2.24) is 0 Å². The van der Waals surface area contributed by atoms with Crippen molar-refractivity contribution in [3.05, 3.63) is 73.8 Å². The lowest BCUT2D eigenvalue weighted by atomic mass is 9.76. The summed E-state index contributed by atoms with van der Waals surface area (Å²) >= 11 is 12.1. The molecule has 6 nitrogen and oxygen atoms in total. The van der Waals surface area contributed by atoms with Crippen molar-refractivity contribution in [1.29, 1.82) is 0 Å². The molecule has 152 valence electrons. The lowest BCUT2D eigenvalue weighted by Gasteiger charge is -2.29. The Labute approximate surface area is 178 Å². The summed E-state index contributed by atoms with van der Waals surface area (Å²) in [5.41, 5.74) is 1.39. The molecule has 29 heavy (non-hydrogen) atoms. The molecule has 0 atom stereocenters. The predicted molar refractivity (Wildman–Crippen MR) is 112 cm³/mol. The van der Waals surface area contributed by atoms with Crippen LogP contribution >= 0.6 is 23.2 Å². The lowest BCUT2D eigenvalue weighted by Crippen LogP contribution is -2.29. The molecule has 0 heterocycles. The Morgan fingerprint density at radius 2 is 1.72 bits per heavy atom. The van der Waals surface area contributed by atoms with Gasteiger partial charge in [0.2, 0.25) is 11.7 Å². The van der Waals surface area contributed by atoms with Crippen LogP contribution in [0, 0.1) is 10.1 Å². The van der Waals surface area contributed by atoms with Gasteiger partial charge in [-0.15, -0.1) is 0 Å². The maximum absolute atomic E-state index is 12.8. The van der Waals surface area contributed by atoms with Crippen LogP contribution < -0.4 is 5.32 Å². The molecule has 0 aliphatic heterocycles. The van der Waals surface area contributed by atoms with Crippen LogP contribution in [0.5, 0.6) is 0 Å². The predicted octanol–water partition coefficient (Wildman–Crippen LogP) is 5.29.